The van der Waals surface area contributed by atoms with Crippen LogP contribution in [0.25, 0.3) is 0 Å². The van der Waals surface area contributed by atoms with Gasteiger partial charge < -0.3 is 4.90 Å². The molecule has 1 saturated carbocycles. The molecule has 0 saturated heterocycles. The first kappa shape index (κ1) is 14.7. The number of anilines is 1. The second kappa shape index (κ2) is 5.45. The van der Waals surface area contributed by atoms with Crippen molar-refractivity contribution in [1.29, 1.82) is 0 Å². The number of nitrogens with zero attached hydrogens (tertiary/aromatic N) is 2. The van der Waals surface area contributed by atoms with Crippen molar-refractivity contribution < 1.29 is 9.59 Å². The Bertz CT molecular complexity index is 841. The van der Waals surface area contributed by atoms with Crippen LogP contribution >= 0.6 is 0 Å². The van der Waals surface area contributed by atoms with Gasteiger partial charge in [0.2, 0.25) is 0 Å². The molecule has 0 radical (unpaired) electrons. The Labute approximate surface area is 147 Å². The second-order valence-electron chi connectivity index (χ2n) is 7.21. The summed E-state index contributed by atoms with van der Waals surface area (Å²) < 4.78 is 0. The highest BCUT2D eigenvalue weighted by molar-refractivity contribution is 6.21. The van der Waals surface area contributed by atoms with Gasteiger partial charge in [0.15, 0.2) is 0 Å². The van der Waals surface area contributed by atoms with Crippen LogP contribution in [0.3, 0.4) is 0 Å². The van der Waals surface area contributed by atoms with Gasteiger partial charge in [-0.2, -0.15) is 0 Å². The SMILES string of the molecule is O=C1c2ccccc2C(=O)N1CN1c2ccccc2C2CCCCC21. The van der Waals surface area contributed by atoms with E-state index in [1.165, 1.54) is 35.4 Å². The van der Waals surface area contributed by atoms with Crippen molar-refractivity contribution >= 4 is 17.5 Å². The molecule has 0 aromatic heterocycles. The Kier molecular flexibility index (Phi) is 3.20. The zero-order valence-electron chi connectivity index (χ0n) is 14.0. The molecule has 1 aliphatic carbocycles. The third-order valence-electron chi connectivity index (χ3n) is 5.95. The van der Waals surface area contributed by atoms with Crippen molar-refractivity contribution in [1.82, 2.24) is 4.90 Å². The molecule has 0 N–H and O–H groups in total. The molecule has 4 nitrogen and oxygen atoms in total. The first-order chi connectivity index (χ1) is 12.3. The fourth-order valence-corrected chi connectivity index (χ4v) is 4.79. The first-order valence-corrected chi connectivity index (χ1v) is 9.06. The molecule has 126 valence electrons. The van der Waals surface area contributed by atoms with Crippen LogP contribution < -0.4 is 4.90 Å². The van der Waals surface area contributed by atoms with E-state index in [9.17, 15) is 9.59 Å². The number of carbonyl (C=O) groups is 2. The summed E-state index contributed by atoms with van der Waals surface area (Å²) in [7, 11) is 0. The van der Waals surface area contributed by atoms with Crippen LogP contribution in [-0.2, 0) is 0 Å². The molecule has 0 spiro atoms. The third-order valence-corrected chi connectivity index (χ3v) is 5.95. The monoisotopic (exact) mass is 332 g/mol. The number of benzene rings is 2. The molecule has 4 heteroatoms. The van der Waals surface area contributed by atoms with E-state index >= 15 is 0 Å². The van der Waals surface area contributed by atoms with E-state index < -0.39 is 0 Å². The molecule has 0 bridgehead atoms. The number of carbonyl (C=O) groups excluding carboxylic acids is 2. The minimum absolute atomic E-state index is 0.169. The molecule has 1 fully saturated rings. The Morgan fingerprint density at radius 1 is 0.840 bits per heavy atom. The number of rotatable bonds is 2. The predicted octanol–water partition coefficient (Wildman–Crippen LogP) is 3.79. The molecule has 2 heterocycles. The van der Waals surface area contributed by atoms with E-state index in [-0.39, 0.29) is 11.8 Å². The Morgan fingerprint density at radius 2 is 1.48 bits per heavy atom. The van der Waals surface area contributed by atoms with Crippen molar-refractivity contribution in [2.24, 2.45) is 0 Å². The summed E-state index contributed by atoms with van der Waals surface area (Å²) in [6.07, 6.45) is 4.80. The van der Waals surface area contributed by atoms with Gasteiger partial charge in [-0.1, -0.05) is 43.2 Å². The minimum atomic E-state index is -0.169. The third kappa shape index (κ3) is 2.06. The predicted molar refractivity (Wildman–Crippen MR) is 95.7 cm³/mol. The van der Waals surface area contributed by atoms with E-state index in [4.69, 9.17) is 0 Å². The highest BCUT2D eigenvalue weighted by atomic mass is 16.2. The fourth-order valence-electron chi connectivity index (χ4n) is 4.79. The molecule has 2 aromatic rings. The maximum Gasteiger partial charge on any atom is 0.263 e. The molecule has 2 unspecified atom stereocenters. The maximum atomic E-state index is 12.7. The summed E-state index contributed by atoms with van der Waals surface area (Å²) in [6.45, 7) is 0.352. The molecule has 2 atom stereocenters. The number of fused-ring (bicyclic) bond motifs is 4. The van der Waals surface area contributed by atoms with Gasteiger partial charge in [-0.25, -0.2) is 0 Å². The highest BCUT2D eigenvalue weighted by Crippen LogP contribution is 2.47. The van der Waals surface area contributed by atoms with Crippen molar-refractivity contribution in [2.75, 3.05) is 11.6 Å². The molecule has 2 aromatic carbocycles. The van der Waals surface area contributed by atoms with Gasteiger partial charge in [-0.15, -0.1) is 0 Å². The van der Waals surface area contributed by atoms with E-state index in [1.54, 1.807) is 12.1 Å². The largest absolute Gasteiger partial charge is 0.349 e. The van der Waals surface area contributed by atoms with E-state index in [1.807, 2.05) is 18.2 Å². The topological polar surface area (TPSA) is 40.6 Å². The Morgan fingerprint density at radius 3 is 2.24 bits per heavy atom. The lowest BCUT2D eigenvalue weighted by Gasteiger charge is -2.35. The van der Waals surface area contributed by atoms with Crippen molar-refractivity contribution in [3.8, 4) is 0 Å². The zero-order chi connectivity index (χ0) is 17.0. The van der Waals surface area contributed by atoms with Crippen LogP contribution in [0.5, 0.6) is 0 Å². The first-order valence-electron chi connectivity index (χ1n) is 9.06. The van der Waals surface area contributed by atoms with Crippen molar-refractivity contribution in [3.05, 3.63) is 65.2 Å². The van der Waals surface area contributed by atoms with Gasteiger partial charge >= 0.3 is 0 Å². The molecule has 5 rings (SSSR count). The zero-order valence-corrected chi connectivity index (χ0v) is 14.0. The molecular weight excluding hydrogens is 312 g/mol. The summed E-state index contributed by atoms with van der Waals surface area (Å²) in [4.78, 5) is 29.2. The Balaban J connectivity index is 1.50. The quantitative estimate of drug-likeness (QED) is 0.786. The van der Waals surface area contributed by atoms with Gasteiger partial charge in [0.25, 0.3) is 11.8 Å². The Hall–Kier alpha value is -2.62. The van der Waals surface area contributed by atoms with Crippen molar-refractivity contribution in [3.63, 3.8) is 0 Å². The van der Waals surface area contributed by atoms with Gasteiger partial charge in [-0.3, -0.25) is 14.5 Å². The van der Waals surface area contributed by atoms with Crippen LogP contribution in [0.4, 0.5) is 5.69 Å². The normalized spacial score (nSPS) is 24.3. The summed E-state index contributed by atoms with van der Waals surface area (Å²) in [5, 5.41) is 0. The summed E-state index contributed by atoms with van der Waals surface area (Å²) >= 11 is 0. The summed E-state index contributed by atoms with van der Waals surface area (Å²) in [5.41, 5.74) is 3.63. The van der Waals surface area contributed by atoms with Crippen LogP contribution in [0.2, 0.25) is 0 Å². The molecule has 2 aliphatic heterocycles. The molecule has 3 aliphatic rings. The summed E-state index contributed by atoms with van der Waals surface area (Å²) in [6, 6.07) is 16.0. The number of para-hydroxylation sites is 1. The number of imide groups is 1. The number of hydrogen-bond acceptors (Lipinski definition) is 3. The van der Waals surface area contributed by atoms with E-state index in [0.717, 1.165) is 6.42 Å². The maximum absolute atomic E-state index is 12.7. The lowest BCUT2D eigenvalue weighted by molar-refractivity contribution is 0.0649. The van der Waals surface area contributed by atoms with Gasteiger partial charge in [-0.05, 0) is 36.6 Å². The van der Waals surface area contributed by atoms with Crippen LogP contribution in [-0.4, -0.2) is 29.4 Å². The average molecular weight is 332 g/mol. The average Bonchev–Trinajstić information content (AvgIpc) is 3.11. The van der Waals surface area contributed by atoms with Crippen LogP contribution in [0, 0.1) is 0 Å². The van der Waals surface area contributed by atoms with Gasteiger partial charge in [0.05, 0.1) is 11.1 Å². The van der Waals surface area contributed by atoms with Crippen molar-refractivity contribution in [2.45, 2.75) is 37.6 Å². The molecule has 25 heavy (non-hydrogen) atoms. The number of hydrogen-bond donors (Lipinski definition) is 0. The van der Waals surface area contributed by atoms with Gasteiger partial charge in [0, 0.05) is 17.6 Å². The minimum Gasteiger partial charge on any atom is -0.349 e. The molecule has 2 amide bonds. The van der Waals surface area contributed by atoms with Crippen LogP contribution in [0.1, 0.15) is 57.9 Å². The smallest absolute Gasteiger partial charge is 0.263 e. The van der Waals surface area contributed by atoms with Crippen LogP contribution in [0.15, 0.2) is 48.5 Å². The fraction of sp³-hybridized carbons (Fsp3) is 0.333. The lowest BCUT2D eigenvalue weighted by atomic mass is 9.82. The second-order valence-corrected chi connectivity index (χ2v) is 7.21. The van der Waals surface area contributed by atoms with E-state index in [0.29, 0.717) is 29.8 Å². The highest BCUT2D eigenvalue weighted by Gasteiger charge is 2.43. The van der Waals surface area contributed by atoms with E-state index in [2.05, 4.69) is 23.1 Å². The molecular formula is C21H20N2O2. The lowest BCUT2D eigenvalue weighted by Crippen LogP contribution is -2.46. The number of amides is 2. The standard InChI is InChI=1S/C21H20N2O2/c24-20-16-9-1-2-10-17(16)21(25)23(20)13-22-18-11-5-3-7-14(18)15-8-4-6-12-19(15)22/h1-3,5,7,9-11,15,19H,4,6,8,12-13H2. The summed E-state index contributed by atoms with van der Waals surface area (Å²) in [5.74, 6) is 0.190. The van der Waals surface area contributed by atoms with Gasteiger partial charge in [0.1, 0.15) is 6.67 Å².